The molecule has 2 aromatic carbocycles. The fourth-order valence-corrected chi connectivity index (χ4v) is 4.52. The quantitative estimate of drug-likeness (QED) is 0.380. The van der Waals surface area contributed by atoms with E-state index in [1.54, 1.807) is 30.3 Å². The maximum atomic E-state index is 13.3. The molecule has 4 rings (SSSR count). The topological polar surface area (TPSA) is 52.7 Å². The number of anilines is 2. The van der Waals surface area contributed by atoms with Gasteiger partial charge in [-0.1, -0.05) is 17.7 Å². The van der Waals surface area contributed by atoms with Crippen LogP contribution in [0.4, 0.5) is 11.4 Å². The Kier molecular flexibility index (Phi) is 5.47. The zero-order valence-corrected chi connectivity index (χ0v) is 20.2. The van der Waals surface area contributed by atoms with E-state index in [1.165, 1.54) is 4.90 Å². The molecule has 2 aromatic rings. The van der Waals surface area contributed by atoms with E-state index >= 15 is 0 Å². The summed E-state index contributed by atoms with van der Waals surface area (Å²) in [5.74, 6) is -0.975. The van der Waals surface area contributed by atoms with Gasteiger partial charge in [0.05, 0.1) is 11.2 Å². The van der Waals surface area contributed by atoms with E-state index in [0.717, 1.165) is 28.0 Å². The van der Waals surface area contributed by atoms with Crippen molar-refractivity contribution in [2.45, 2.75) is 33.2 Å². The number of aryl methyl sites for hydroxylation is 1. The van der Waals surface area contributed by atoms with Crippen molar-refractivity contribution >= 4 is 63.8 Å². The first-order valence-corrected chi connectivity index (χ1v) is 11.0. The minimum atomic E-state index is -0.507. The summed E-state index contributed by atoms with van der Waals surface area (Å²) in [5, 5.41) is 3.22. The molecule has 1 saturated heterocycles. The Bertz CT molecular complexity index is 1230. The van der Waals surface area contributed by atoms with Crippen molar-refractivity contribution in [3.63, 3.8) is 0 Å². The van der Waals surface area contributed by atoms with E-state index in [0.29, 0.717) is 10.7 Å². The zero-order valence-electron chi connectivity index (χ0n) is 18.6. The predicted octanol–water partition coefficient (Wildman–Crippen LogP) is 5.11. The number of fused-ring (bicyclic) bond motifs is 1. The highest BCUT2D eigenvalue weighted by molar-refractivity contribution is 7.80. The van der Waals surface area contributed by atoms with Crippen LogP contribution < -0.4 is 15.1 Å². The maximum Gasteiger partial charge on any atom is 0.270 e. The number of hydrogen-bond donors (Lipinski definition) is 1. The van der Waals surface area contributed by atoms with Gasteiger partial charge in [-0.3, -0.25) is 19.8 Å². The van der Waals surface area contributed by atoms with Crippen LogP contribution in [-0.2, 0) is 9.59 Å². The van der Waals surface area contributed by atoms with Gasteiger partial charge in [0.25, 0.3) is 11.8 Å². The van der Waals surface area contributed by atoms with Crippen LogP contribution in [-0.4, -0.2) is 29.5 Å². The number of carbonyl (C=O) groups excluding carboxylic acids is 2. The molecule has 2 aliphatic rings. The zero-order chi connectivity index (χ0) is 23.4. The van der Waals surface area contributed by atoms with E-state index in [1.807, 2.05) is 13.0 Å². The Morgan fingerprint density at radius 3 is 2.41 bits per heavy atom. The number of amides is 2. The number of halogens is 1. The Morgan fingerprint density at radius 2 is 1.75 bits per heavy atom. The molecule has 0 aliphatic carbocycles. The van der Waals surface area contributed by atoms with Crippen molar-refractivity contribution in [2.24, 2.45) is 0 Å². The van der Waals surface area contributed by atoms with Crippen LogP contribution in [0.2, 0.25) is 5.02 Å². The number of hydrogen-bond acceptors (Lipinski definition) is 4. The largest absolute Gasteiger partial charge is 0.365 e. The van der Waals surface area contributed by atoms with Gasteiger partial charge in [-0.15, -0.1) is 0 Å². The Morgan fingerprint density at radius 1 is 1.09 bits per heavy atom. The molecular formula is C25H24ClN3O2S. The van der Waals surface area contributed by atoms with Gasteiger partial charge < -0.3 is 4.90 Å². The third-order valence-corrected chi connectivity index (χ3v) is 6.63. The summed E-state index contributed by atoms with van der Waals surface area (Å²) in [4.78, 5) is 29.5. The lowest BCUT2D eigenvalue weighted by molar-refractivity contribution is -0.122. The van der Waals surface area contributed by atoms with Crippen molar-refractivity contribution in [1.82, 2.24) is 5.32 Å². The second kappa shape index (κ2) is 7.87. The van der Waals surface area contributed by atoms with Gasteiger partial charge in [0.2, 0.25) is 0 Å². The maximum absolute atomic E-state index is 13.3. The van der Waals surface area contributed by atoms with Gasteiger partial charge in [-0.2, -0.15) is 0 Å². The monoisotopic (exact) mass is 465 g/mol. The van der Waals surface area contributed by atoms with E-state index in [4.69, 9.17) is 23.8 Å². The smallest absolute Gasteiger partial charge is 0.270 e. The van der Waals surface area contributed by atoms with Crippen LogP contribution >= 0.6 is 23.8 Å². The fraction of sp³-hybridized carbons (Fsp3) is 0.240. The first-order valence-electron chi connectivity index (χ1n) is 10.2. The normalized spacial score (nSPS) is 19.1. The van der Waals surface area contributed by atoms with Gasteiger partial charge in [0.1, 0.15) is 5.57 Å². The van der Waals surface area contributed by atoms with Crippen LogP contribution in [0.3, 0.4) is 0 Å². The number of rotatable bonds is 2. The molecule has 0 spiro atoms. The fourth-order valence-electron chi connectivity index (χ4n) is 4.11. The Labute approximate surface area is 198 Å². The van der Waals surface area contributed by atoms with Gasteiger partial charge in [-0.25, -0.2) is 0 Å². The molecule has 0 saturated carbocycles. The summed E-state index contributed by atoms with van der Waals surface area (Å²) in [6, 6.07) is 10.9. The average Bonchev–Trinajstić information content (AvgIpc) is 2.71. The highest BCUT2D eigenvalue weighted by Crippen LogP contribution is 2.39. The molecular weight excluding hydrogens is 442 g/mol. The standard InChI is InChI=1S/C25H24ClN3O2S/c1-14-10-21-19(15(2)13-25(3,4)28(21)5)11-16(14)12-20-22(30)27-24(32)29(23(20)31)18-8-6-17(26)7-9-18/h6-13H,1-5H3,(H,27,30,32)/b20-12+. The molecule has 1 N–H and O–H groups in total. The minimum absolute atomic E-state index is 0.0303. The molecule has 0 atom stereocenters. The molecule has 7 heteroatoms. The molecule has 0 bridgehead atoms. The second-order valence-electron chi connectivity index (χ2n) is 8.70. The average molecular weight is 466 g/mol. The molecule has 2 aliphatic heterocycles. The molecule has 2 amide bonds. The van der Waals surface area contributed by atoms with Gasteiger partial charge in [-0.05, 0) is 99.1 Å². The van der Waals surface area contributed by atoms with Crippen LogP contribution in [0.5, 0.6) is 0 Å². The van der Waals surface area contributed by atoms with Crippen LogP contribution in [0.25, 0.3) is 11.6 Å². The van der Waals surface area contributed by atoms with E-state index < -0.39 is 11.8 Å². The van der Waals surface area contributed by atoms with Gasteiger partial charge in [0.15, 0.2) is 5.11 Å². The summed E-state index contributed by atoms with van der Waals surface area (Å²) in [6.07, 6.45) is 3.87. The lowest BCUT2D eigenvalue weighted by Gasteiger charge is -2.41. The molecule has 1 fully saturated rings. The van der Waals surface area contributed by atoms with Crippen molar-refractivity contribution in [3.05, 3.63) is 69.8 Å². The third kappa shape index (κ3) is 3.74. The lowest BCUT2D eigenvalue weighted by Crippen LogP contribution is -2.54. The minimum Gasteiger partial charge on any atom is -0.365 e. The highest BCUT2D eigenvalue weighted by atomic mass is 35.5. The summed E-state index contributed by atoms with van der Waals surface area (Å²) < 4.78 is 0. The van der Waals surface area contributed by atoms with Crippen LogP contribution in [0, 0.1) is 6.92 Å². The highest BCUT2D eigenvalue weighted by Gasteiger charge is 2.35. The number of allylic oxidation sites excluding steroid dienone is 1. The van der Waals surface area contributed by atoms with Crippen molar-refractivity contribution in [3.8, 4) is 0 Å². The lowest BCUT2D eigenvalue weighted by atomic mass is 9.87. The first-order chi connectivity index (χ1) is 15.0. The number of carbonyl (C=O) groups is 2. The SMILES string of the molecule is CC1=CC(C)(C)N(C)c2cc(C)c(/C=C3\C(=O)NC(=S)N(c4ccc(Cl)cc4)C3=O)cc21. The molecule has 2 heterocycles. The van der Waals surface area contributed by atoms with E-state index in [2.05, 4.69) is 50.2 Å². The molecule has 5 nitrogen and oxygen atoms in total. The molecule has 0 unspecified atom stereocenters. The van der Waals surface area contributed by atoms with E-state index in [9.17, 15) is 9.59 Å². The predicted molar refractivity (Wildman–Crippen MR) is 135 cm³/mol. The van der Waals surface area contributed by atoms with Crippen molar-refractivity contribution in [1.29, 1.82) is 0 Å². The number of nitrogens with zero attached hydrogens (tertiary/aromatic N) is 2. The summed E-state index contributed by atoms with van der Waals surface area (Å²) in [6.45, 7) is 8.40. The summed E-state index contributed by atoms with van der Waals surface area (Å²) in [7, 11) is 2.07. The number of benzene rings is 2. The Hall–Kier alpha value is -2.96. The molecule has 164 valence electrons. The molecule has 32 heavy (non-hydrogen) atoms. The summed E-state index contributed by atoms with van der Waals surface area (Å²) in [5.41, 5.74) is 5.62. The van der Waals surface area contributed by atoms with Crippen LogP contribution in [0.15, 0.2) is 48.0 Å². The van der Waals surface area contributed by atoms with E-state index in [-0.39, 0.29) is 16.2 Å². The Balaban J connectivity index is 1.78. The van der Waals surface area contributed by atoms with Crippen LogP contribution in [0.1, 0.15) is 37.5 Å². The second-order valence-corrected chi connectivity index (χ2v) is 9.52. The molecule has 0 radical (unpaired) electrons. The first kappa shape index (κ1) is 22.2. The van der Waals surface area contributed by atoms with Crippen molar-refractivity contribution in [2.75, 3.05) is 16.8 Å². The number of thiocarbonyl (C=S) groups is 1. The van der Waals surface area contributed by atoms with Gasteiger partial charge >= 0.3 is 0 Å². The third-order valence-electron chi connectivity index (χ3n) is 6.09. The van der Waals surface area contributed by atoms with Gasteiger partial charge in [0, 0.05) is 23.3 Å². The molecule has 0 aromatic heterocycles. The van der Waals surface area contributed by atoms with Crippen molar-refractivity contribution < 1.29 is 9.59 Å². The summed E-state index contributed by atoms with van der Waals surface area (Å²) >= 11 is 11.2. The number of likely N-dealkylation sites (N-methyl/N-ethyl adjacent to an activating group) is 1. The number of nitrogens with one attached hydrogen (secondary N) is 1.